The number of ketones is 1. The van der Waals surface area contributed by atoms with Crippen molar-refractivity contribution >= 4 is 17.8 Å². The van der Waals surface area contributed by atoms with Gasteiger partial charge in [0, 0.05) is 6.42 Å². The third-order valence-electron chi connectivity index (χ3n) is 4.31. The number of hydrogen-bond donors (Lipinski definition) is 0. The van der Waals surface area contributed by atoms with Gasteiger partial charge in [-0.2, -0.15) is 0 Å². The van der Waals surface area contributed by atoms with E-state index >= 15 is 0 Å². The largest absolute Gasteiger partial charge is 0.469 e. The molecule has 2 rings (SSSR count). The molecule has 0 N–H and O–H groups in total. The first-order valence-electron chi connectivity index (χ1n) is 8.53. The lowest BCUT2D eigenvalue weighted by atomic mass is 10.0. The molecule has 1 aromatic rings. The molecule has 1 aliphatic heterocycles. The standard InChI is InChI=1S/C19H25NO6/c1-13-17(15(21)10-11-16(22)24-4)20(19(2,3)26-13)18(23)25-12-14-8-6-5-7-9-14/h5-9,13,17H,10-12H2,1-4H3/t13-,17+/m1/s1. The highest BCUT2D eigenvalue weighted by molar-refractivity contribution is 5.90. The fourth-order valence-corrected chi connectivity index (χ4v) is 3.12. The highest BCUT2D eigenvalue weighted by Gasteiger charge is 2.51. The summed E-state index contributed by atoms with van der Waals surface area (Å²) in [5.41, 5.74) is -0.140. The lowest BCUT2D eigenvalue weighted by Crippen LogP contribution is -2.51. The van der Waals surface area contributed by atoms with Crippen LogP contribution in [0.2, 0.25) is 0 Å². The van der Waals surface area contributed by atoms with Crippen molar-refractivity contribution in [2.24, 2.45) is 0 Å². The topological polar surface area (TPSA) is 82.1 Å². The normalized spacial score (nSPS) is 21.3. The van der Waals surface area contributed by atoms with Crippen molar-refractivity contribution < 1.29 is 28.6 Å². The molecule has 142 valence electrons. The molecule has 0 unspecified atom stereocenters. The molecule has 1 heterocycles. The van der Waals surface area contributed by atoms with Crippen LogP contribution in [0.3, 0.4) is 0 Å². The third-order valence-corrected chi connectivity index (χ3v) is 4.31. The lowest BCUT2D eigenvalue weighted by molar-refractivity contribution is -0.142. The van der Waals surface area contributed by atoms with Crippen LogP contribution in [0.5, 0.6) is 0 Å². The molecular weight excluding hydrogens is 338 g/mol. The molecule has 1 saturated heterocycles. The quantitative estimate of drug-likeness (QED) is 0.723. The lowest BCUT2D eigenvalue weighted by Gasteiger charge is -2.32. The fraction of sp³-hybridized carbons (Fsp3) is 0.526. The molecule has 0 bridgehead atoms. The van der Waals surface area contributed by atoms with Crippen LogP contribution in [0.15, 0.2) is 30.3 Å². The summed E-state index contributed by atoms with van der Waals surface area (Å²) in [7, 11) is 1.27. The Hall–Kier alpha value is -2.41. The van der Waals surface area contributed by atoms with Gasteiger partial charge in [0.25, 0.3) is 0 Å². The van der Waals surface area contributed by atoms with Gasteiger partial charge in [0.15, 0.2) is 5.78 Å². The van der Waals surface area contributed by atoms with E-state index < -0.39 is 29.9 Å². The number of benzene rings is 1. The van der Waals surface area contributed by atoms with Crippen LogP contribution >= 0.6 is 0 Å². The van der Waals surface area contributed by atoms with E-state index in [1.807, 2.05) is 30.3 Å². The number of methoxy groups -OCH3 is 1. The SMILES string of the molecule is COC(=O)CCC(=O)[C@@H]1[C@@H](C)OC(C)(C)N1C(=O)OCc1ccccc1. The van der Waals surface area contributed by atoms with E-state index in [-0.39, 0.29) is 25.2 Å². The molecule has 1 fully saturated rings. The van der Waals surface area contributed by atoms with E-state index in [0.717, 1.165) is 5.56 Å². The van der Waals surface area contributed by atoms with Gasteiger partial charge in [0.2, 0.25) is 0 Å². The molecule has 2 atom stereocenters. The molecule has 0 aliphatic carbocycles. The van der Waals surface area contributed by atoms with Crippen LogP contribution < -0.4 is 0 Å². The highest BCUT2D eigenvalue weighted by atomic mass is 16.6. The number of carbonyl (C=O) groups is 3. The van der Waals surface area contributed by atoms with Gasteiger partial charge >= 0.3 is 12.1 Å². The molecule has 1 aliphatic rings. The Morgan fingerprint density at radius 2 is 1.81 bits per heavy atom. The Labute approximate surface area is 153 Å². The van der Waals surface area contributed by atoms with Gasteiger partial charge in [-0.05, 0) is 26.3 Å². The highest BCUT2D eigenvalue weighted by Crippen LogP contribution is 2.34. The summed E-state index contributed by atoms with van der Waals surface area (Å²) in [5, 5.41) is 0. The third kappa shape index (κ3) is 4.60. The summed E-state index contributed by atoms with van der Waals surface area (Å²) < 4.78 is 15.7. The van der Waals surface area contributed by atoms with Crippen LogP contribution in [0, 0.1) is 0 Å². The predicted molar refractivity (Wildman–Crippen MR) is 93.1 cm³/mol. The first-order valence-corrected chi connectivity index (χ1v) is 8.53. The number of nitrogens with zero attached hydrogens (tertiary/aromatic N) is 1. The van der Waals surface area contributed by atoms with Gasteiger partial charge < -0.3 is 14.2 Å². The van der Waals surface area contributed by atoms with E-state index in [1.165, 1.54) is 12.0 Å². The summed E-state index contributed by atoms with van der Waals surface area (Å²) in [6, 6.07) is 8.47. The van der Waals surface area contributed by atoms with E-state index in [0.29, 0.717) is 0 Å². The van der Waals surface area contributed by atoms with E-state index in [2.05, 4.69) is 4.74 Å². The van der Waals surface area contributed by atoms with Crippen molar-refractivity contribution in [3.63, 3.8) is 0 Å². The van der Waals surface area contributed by atoms with Gasteiger partial charge in [-0.3, -0.25) is 14.5 Å². The van der Waals surface area contributed by atoms with Gasteiger partial charge in [-0.25, -0.2) is 4.79 Å². The van der Waals surface area contributed by atoms with Gasteiger partial charge in [-0.15, -0.1) is 0 Å². The number of rotatable bonds is 6. The Balaban J connectivity index is 2.09. The molecular formula is C19H25NO6. The van der Waals surface area contributed by atoms with E-state index in [9.17, 15) is 14.4 Å². The molecule has 1 aromatic carbocycles. The minimum Gasteiger partial charge on any atom is -0.469 e. The zero-order chi connectivity index (χ0) is 19.3. The van der Waals surface area contributed by atoms with Crippen molar-refractivity contribution in [2.45, 2.75) is 58.1 Å². The number of ether oxygens (including phenoxy) is 3. The first-order chi connectivity index (χ1) is 12.3. The maximum absolute atomic E-state index is 12.7. The first kappa shape index (κ1) is 19.9. The predicted octanol–water partition coefficient (Wildman–Crippen LogP) is 2.67. The van der Waals surface area contributed by atoms with Crippen molar-refractivity contribution in [1.29, 1.82) is 0 Å². The second-order valence-electron chi connectivity index (χ2n) is 6.67. The van der Waals surface area contributed by atoms with Crippen LogP contribution in [0.4, 0.5) is 4.79 Å². The number of hydrogen-bond acceptors (Lipinski definition) is 6. The number of amides is 1. The zero-order valence-electron chi connectivity index (χ0n) is 15.6. The molecule has 0 aromatic heterocycles. The van der Waals surface area contributed by atoms with Crippen LogP contribution in [0.1, 0.15) is 39.2 Å². The van der Waals surface area contributed by atoms with Gasteiger partial charge in [-0.1, -0.05) is 30.3 Å². The Bertz CT molecular complexity index is 657. The Morgan fingerprint density at radius 1 is 1.15 bits per heavy atom. The number of carbonyl (C=O) groups excluding carboxylic acids is 3. The summed E-state index contributed by atoms with van der Waals surface area (Å²) in [6.45, 7) is 5.25. The van der Waals surface area contributed by atoms with Gasteiger partial charge in [0.05, 0.1) is 19.6 Å². The van der Waals surface area contributed by atoms with Crippen LogP contribution in [-0.2, 0) is 30.4 Å². The Kier molecular flexibility index (Phi) is 6.37. The van der Waals surface area contributed by atoms with Crippen molar-refractivity contribution in [3.8, 4) is 0 Å². The van der Waals surface area contributed by atoms with Crippen LogP contribution in [-0.4, -0.2) is 47.7 Å². The maximum Gasteiger partial charge on any atom is 0.413 e. The minimum absolute atomic E-state index is 0.0242. The van der Waals surface area contributed by atoms with Crippen molar-refractivity contribution in [3.05, 3.63) is 35.9 Å². The zero-order valence-corrected chi connectivity index (χ0v) is 15.6. The second kappa shape index (κ2) is 8.31. The number of Topliss-reactive ketones (excluding diaryl/α,β-unsaturated/α-hetero) is 1. The summed E-state index contributed by atoms with van der Waals surface area (Å²) in [5.74, 6) is -0.729. The maximum atomic E-state index is 12.7. The molecule has 0 radical (unpaired) electrons. The average Bonchev–Trinajstić information content (AvgIpc) is 2.86. The minimum atomic E-state index is -0.987. The molecule has 0 saturated carbocycles. The van der Waals surface area contributed by atoms with Crippen LogP contribution in [0.25, 0.3) is 0 Å². The van der Waals surface area contributed by atoms with Gasteiger partial charge in [0.1, 0.15) is 18.4 Å². The summed E-state index contributed by atoms with van der Waals surface area (Å²) in [6.07, 6.45) is -1.19. The average molecular weight is 363 g/mol. The number of esters is 1. The second-order valence-corrected chi connectivity index (χ2v) is 6.67. The monoisotopic (exact) mass is 363 g/mol. The molecule has 7 nitrogen and oxygen atoms in total. The molecule has 1 amide bonds. The molecule has 26 heavy (non-hydrogen) atoms. The molecule has 0 spiro atoms. The fourth-order valence-electron chi connectivity index (χ4n) is 3.12. The van der Waals surface area contributed by atoms with E-state index in [1.54, 1.807) is 20.8 Å². The smallest absolute Gasteiger partial charge is 0.413 e. The molecule has 7 heteroatoms. The van der Waals surface area contributed by atoms with Crippen molar-refractivity contribution in [2.75, 3.05) is 7.11 Å². The summed E-state index contributed by atoms with van der Waals surface area (Å²) in [4.78, 5) is 37.9. The Morgan fingerprint density at radius 3 is 2.42 bits per heavy atom. The van der Waals surface area contributed by atoms with E-state index in [4.69, 9.17) is 9.47 Å². The van der Waals surface area contributed by atoms with Crippen molar-refractivity contribution in [1.82, 2.24) is 4.90 Å². The summed E-state index contributed by atoms with van der Waals surface area (Å²) >= 11 is 0.